The largest absolute Gasteiger partial charge is 0.497 e. The second-order valence-corrected chi connectivity index (χ2v) is 3.78. The van der Waals surface area contributed by atoms with E-state index in [0.29, 0.717) is 11.3 Å². The van der Waals surface area contributed by atoms with Crippen LogP contribution < -0.4 is 4.74 Å². The zero-order valence-corrected chi connectivity index (χ0v) is 9.47. The third-order valence-electron chi connectivity index (χ3n) is 1.83. The summed E-state index contributed by atoms with van der Waals surface area (Å²) < 4.78 is 18.2. The average molecular weight is 261 g/mol. The summed E-state index contributed by atoms with van der Waals surface area (Å²) in [5.74, 6) is -0.0212. The summed E-state index contributed by atoms with van der Waals surface area (Å²) in [6.45, 7) is 1.40. The topological polar surface area (TPSA) is 26.3 Å². The molecule has 1 unspecified atom stereocenters. The van der Waals surface area contributed by atoms with Crippen LogP contribution in [0.3, 0.4) is 0 Å². The zero-order valence-electron chi connectivity index (χ0n) is 7.88. The average Bonchev–Trinajstić information content (AvgIpc) is 2.17. The lowest BCUT2D eigenvalue weighted by Crippen LogP contribution is -2.03. The van der Waals surface area contributed by atoms with Crippen molar-refractivity contribution in [3.8, 4) is 5.75 Å². The third kappa shape index (κ3) is 2.32. The van der Waals surface area contributed by atoms with Gasteiger partial charge in [-0.05, 0) is 25.1 Å². The van der Waals surface area contributed by atoms with E-state index >= 15 is 0 Å². The Balaban J connectivity index is 3.11. The number of rotatable bonds is 3. The van der Waals surface area contributed by atoms with E-state index < -0.39 is 10.6 Å². The van der Waals surface area contributed by atoms with Crippen molar-refractivity contribution in [1.29, 1.82) is 0 Å². The highest BCUT2D eigenvalue weighted by atomic mass is 79.9. The first-order valence-corrected chi connectivity index (χ1v) is 4.95. The first-order chi connectivity index (χ1) is 6.56. The van der Waals surface area contributed by atoms with Crippen LogP contribution in [0.15, 0.2) is 18.2 Å². The number of alkyl halides is 1. The molecule has 0 N–H and O–H groups in total. The summed E-state index contributed by atoms with van der Waals surface area (Å²) in [4.78, 5) is 10.4. The Kier molecular flexibility index (Phi) is 3.63. The van der Waals surface area contributed by atoms with Crippen LogP contribution in [0.4, 0.5) is 4.39 Å². The van der Waals surface area contributed by atoms with Crippen molar-refractivity contribution in [2.45, 2.75) is 11.8 Å². The summed E-state index contributed by atoms with van der Waals surface area (Å²) in [6, 6.07) is 4.31. The molecule has 1 rings (SSSR count). The van der Waals surface area contributed by atoms with E-state index in [1.165, 1.54) is 32.2 Å². The van der Waals surface area contributed by atoms with Gasteiger partial charge in [0.15, 0.2) is 0 Å². The molecule has 0 fully saturated rings. The molecule has 0 aromatic heterocycles. The van der Waals surface area contributed by atoms with Crippen LogP contribution in [-0.4, -0.2) is 12.9 Å². The molecule has 0 amide bonds. The van der Waals surface area contributed by atoms with E-state index in [1.54, 1.807) is 0 Å². The number of ketones is 1. The zero-order chi connectivity index (χ0) is 10.7. The maximum Gasteiger partial charge on any atom is 0.147 e. The Hall–Kier alpha value is -0.900. The van der Waals surface area contributed by atoms with Gasteiger partial charge in [-0.2, -0.15) is 0 Å². The minimum absolute atomic E-state index is 0.142. The van der Waals surface area contributed by atoms with E-state index in [-0.39, 0.29) is 5.78 Å². The van der Waals surface area contributed by atoms with Gasteiger partial charge in [0.1, 0.15) is 22.2 Å². The molecule has 4 heteroatoms. The minimum atomic E-state index is -0.613. The number of carbonyl (C=O) groups is 1. The second kappa shape index (κ2) is 4.55. The van der Waals surface area contributed by atoms with Gasteiger partial charge in [0.2, 0.25) is 0 Å². The number of ether oxygens (including phenoxy) is 1. The molecule has 0 spiro atoms. The van der Waals surface area contributed by atoms with E-state index in [4.69, 9.17) is 4.74 Å². The Morgan fingerprint density at radius 3 is 2.71 bits per heavy atom. The fourth-order valence-electron chi connectivity index (χ4n) is 1.06. The van der Waals surface area contributed by atoms with Crippen molar-refractivity contribution in [1.82, 2.24) is 0 Å². The monoisotopic (exact) mass is 260 g/mol. The number of Topliss-reactive ketones (excluding diaryl/α,β-unsaturated/α-hetero) is 1. The summed E-state index contributed by atoms with van der Waals surface area (Å²) in [7, 11) is 1.49. The van der Waals surface area contributed by atoms with Crippen molar-refractivity contribution in [3.63, 3.8) is 0 Å². The molecule has 1 aromatic carbocycles. The van der Waals surface area contributed by atoms with Crippen molar-refractivity contribution in [3.05, 3.63) is 29.6 Å². The number of halogens is 2. The molecule has 0 radical (unpaired) electrons. The van der Waals surface area contributed by atoms with Gasteiger partial charge in [-0.15, -0.1) is 0 Å². The molecule has 76 valence electrons. The minimum Gasteiger partial charge on any atom is -0.497 e. The van der Waals surface area contributed by atoms with Gasteiger partial charge in [0.05, 0.1) is 7.11 Å². The van der Waals surface area contributed by atoms with Crippen LogP contribution in [0.1, 0.15) is 17.3 Å². The van der Waals surface area contributed by atoms with Gasteiger partial charge in [0.25, 0.3) is 0 Å². The van der Waals surface area contributed by atoms with Crippen LogP contribution in [0.5, 0.6) is 5.75 Å². The van der Waals surface area contributed by atoms with Crippen molar-refractivity contribution >= 4 is 21.7 Å². The molecule has 14 heavy (non-hydrogen) atoms. The lowest BCUT2D eigenvalue weighted by atomic mass is 10.1. The fourth-order valence-corrected chi connectivity index (χ4v) is 1.41. The van der Waals surface area contributed by atoms with E-state index in [9.17, 15) is 9.18 Å². The molecular weight excluding hydrogens is 251 g/mol. The molecule has 0 aliphatic heterocycles. The smallest absolute Gasteiger partial charge is 0.147 e. The molecule has 0 saturated heterocycles. The highest BCUT2D eigenvalue weighted by Crippen LogP contribution is 2.29. The summed E-state index contributed by atoms with van der Waals surface area (Å²) in [6.07, 6.45) is 0. The molecule has 0 aliphatic rings. The number of hydrogen-bond donors (Lipinski definition) is 0. The highest BCUT2D eigenvalue weighted by Gasteiger charge is 2.17. The predicted molar refractivity (Wildman–Crippen MR) is 55.3 cm³/mol. The summed E-state index contributed by atoms with van der Waals surface area (Å²) in [5.41, 5.74) is 0.303. The second-order valence-electron chi connectivity index (χ2n) is 2.86. The number of carbonyl (C=O) groups excluding carboxylic acids is 1. The van der Waals surface area contributed by atoms with Crippen molar-refractivity contribution in [2.75, 3.05) is 7.11 Å². The molecule has 1 atom stereocenters. The molecule has 2 nitrogen and oxygen atoms in total. The van der Waals surface area contributed by atoms with Gasteiger partial charge >= 0.3 is 0 Å². The van der Waals surface area contributed by atoms with Crippen molar-refractivity contribution in [2.24, 2.45) is 0 Å². The molecule has 0 bridgehead atoms. The summed E-state index contributed by atoms with van der Waals surface area (Å²) in [5, 5.41) is 0. The SMILES string of the molecule is COc1ccc(F)c(C(Br)C(C)=O)c1. The van der Waals surface area contributed by atoms with Crippen LogP contribution in [0.25, 0.3) is 0 Å². The van der Waals surface area contributed by atoms with Crippen LogP contribution in [0.2, 0.25) is 0 Å². The lowest BCUT2D eigenvalue weighted by Gasteiger charge is -2.09. The van der Waals surface area contributed by atoms with E-state index in [2.05, 4.69) is 15.9 Å². The maximum atomic E-state index is 13.3. The van der Waals surface area contributed by atoms with Gasteiger partial charge in [-0.25, -0.2) is 4.39 Å². The predicted octanol–water partition coefficient (Wildman–Crippen LogP) is 2.86. The van der Waals surface area contributed by atoms with Crippen LogP contribution in [0, 0.1) is 5.82 Å². The molecule has 0 aliphatic carbocycles. The van der Waals surface area contributed by atoms with Crippen LogP contribution in [-0.2, 0) is 4.79 Å². The first kappa shape index (κ1) is 11.2. The first-order valence-electron chi connectivity index (χ1n) is 4.04. The molecule has 1 aromatic rings. The molecule has 0 heterocycles. The highest BCUT2D eigenvalue weighted by molar-refractivity contribution is 9.09. The molecule has 0 saturated carbocycles. The number of hydrogen-bond acceptors (Lipinski definition) is 2. The summed E-state index contributed by atoms with van der Waals surface area (Å²) >= 11 is 3.12. The van der Waals surface area contributed by atoms with Crippen LogP contribution >= 0.6 is 15.9 Å². The quantitative estimate of drug-likeness (QED) is 0.782. The Labute approximate surface area is 90.2 Å². The fraction of sp³-hybridized carbons (Fsp3) is 0.300. The molecular formula is C10H10BrFO2. The van der Waals surface area contributed by atoms with Gasteiger partial charge in [-0.3, -0.25) is 4.79 Å². The Bertz CT molecular complexity index is 352. The van der Waals surface area contributed by atoms with Gasteiger partial charge in [-0.1, -0.05) is 15.9 Å². The van der Waals surface area contributed by atoms with Gasteiger partial charge in [0, 0.05) is 5.56 Å². The number of benzene rings is 1. The Morgan fingerprint density at radius 2 is 2.21 bits per heavy atom. The Morgan fingerprint density at radius 1 is 1.57 bits per heavy atom. The standard InChI is InChI=1S/C10H10BrFO2/c1-6(13)10(11)8-5-7(14-2)3-4-9(8)12/h3-5,10H,1-2H3. The van der Waals surface area contributed by atoms with E-state index in [1.807, 2.05) is 0 Å². The third-order valence-corrected chi connectivity index (χ3v) is 2.97. The van der Waals surface area contributed by atoms with Crippen molar-refractivity contribution < 1.29 is 13.9 Å². The normalized spacial score (nSPS) is 12.3. The lowest BCUT2D eigenvalue weighted by molar-refractivity contribution is -0.116. The van der Waals surface area contributed by atoms with Gasteiger partial charge < -0.3 is 4.74 Å². The maximum absolute atomic E-state index is 13.3. The van der Waals surface area contributed by atoms with E-state index in [0.717, 1.165) is 0 Å². The number of methoxy groups -OCH3 is 1.